The number of benzene rings is 1. The van der Waals surface area contributed by atoms with Crippen LogP contribution in [0.2, 0.25) is 0 Å². The number of nitrogens with zero attached hydrogens (tertiary/aromatic N) is 1. The number of methoxy groups -OCH3 is 1. The highest BCUT2D eigenvalue weighted by Crippen LogP contribution is 2.25. The van der Waals surface area contributed by atoms with Gasteiger partial charge in [-0.3, -0.25) is 0 Å². The van der Waals surface area contributed by atoms with Gasteiger partial charge in [0.15, 0.2) is 0 Å². The zero-order valence-electron chi connectivity index (χ0n) is 10.3. The van der Waals surface area contributed by atoms with Crippen molar-refractivity contribution in [1.82, 2.24) is 0 Å². The van der Waals surface area contributed by atoms with Gasteiger partial charge in [-0.1, -0.05) is 5.16 Å². The third-order valence-corrected chi connectivity index (χ3v) is 2.85. The molecule has 1 N–H and O–H groups in total. The standard InChI is InChI=1S/C12H17NO3S/c1-9(13-14)11-5-4-10(15-2)8-12(11)16-6-7-17-3/h4-5,8,14H,6-7H2,1-3H3/b13-9+. The smallest absolute Gasteiger partial charge is 0.132 e. The van der Waals surface area contributed by atoms with E-state index in [2.05, 4.69) is 5.16 Å². The Kier molecular flexibility index (Phi) is 5.69. The summed E-state index contributed by atoms with van der Waals surface area (Å²) in [6.45, 7) is 2.34. The molecule has 0 aliphatic carbocycles. The molecule has 1 aromatic carbocycles. The fourth-order valence-electron chi connectivity index (χ4n) is 1.34. The van der Waals surface area contributed by atoms with E-state index in [1.165, 1.54) is 0 Å². The highest BCUT2D eigenvalue weighted by atomic mass is 32.2. The van der Waals surface area contributed by atoms with Crippen molar-refractivity contribution in [2.24, 2.45) is 5.16 Å². The quantitative estimate of drug-likeness (QED) is 0.367. The Morgan fingerprint density at radius 1 is 1.47 bits per heavy atom. The summed E-state index contributed by atoms with van der Waals surface area (Å²) in [5.41, 5.74) is 1.29. The third kappa shape index (κ3) is 3.85. The summed E-state index contributed by atoms with van der Waals surface area (Å²) in [5, 5.41) is 12.0. The maximum Gasteiger partial charge on any atom is 0.132 e. The van der Waals surface area contributed by atoms with Gasteiger partial charge in [-0.15, -0.1) is 0 Å². The molecule has 0 atom stereocenters. The van der Waals surface area contributed by atoms with E-state index in [0.29, 0.717) is 18.1 Å². The van der Waals surface area contributed by atoms with Gasteiger partial charge in [-0.05, 0) is 25.3 Å². The second-order valence-corrected chi connectivity index (χ2v) is 4.37. The first-order chi connectivity index (χ1) is 8.22. The lowest BCUT2D eigenvalue weighted by Crippen LogP contribution is -2.05. The highest BCUT2D eigenvalue weighted by molar-refractivity contribution is 7.98. The average molecular weight is 255 g/mol. The molecule has 0 aromatic heterocycles. The van der Waals surface area contributed by atoms with Crippen LogP contribution in [0, 0.1) is 0 Å². The van der Waals surface area contributed by atoms with Crippen LogP contribution in [0.3, 0.4) is 0 Å². The van der Waals surface area contributed by atoms with E-state index in [1.54, 1.807) is 31.9 Å². The fraction of sp³-hybridized carbons (Fsp3) is 0.417. The zero-order valence-corrected chi connectivity index (χ0v) is 11.1. The molecule has 0 aliphatic heterocycles. The molecule has 0 unspecified atom stereocenters. The molecule has 4 nitrogen and oxygen atoms in total. The number of oxime groups is 1. The first-order valence-electron chi connectivity index (χ1n) is 5.21. The van der Waals surface area contributed by atoms with Crippen molar-refractivity contribution in [2.45, 2.75) is 6.92 Å². The van der Waals surface area contributed by atoms with Crippen LogP contribution in [0.4, 0.5) is 0 Å². The van der Waals surface area contributed by atoms with E-state index in [0.717, 1.165) is 17.1 Å². The summed E-state index contributed by atoms with van der Waals surface area (Å²) in [4.78, 5) is 0. The van der Waals surface area contributed by atoms with Crippen molar-refractivity contribution >= 4 is 17.5 Å². The molecule has 0 radical (unpaired) electrons. The lowest BCUT2D eigenvalue weighted by atomic mass is 10.1. The predicted molar refractivity (Wildman–Crippen MR) is 70.9 cm³/mol. The monoisotopic (exact) mass is 255 g/mol. The lowest BCUT2D eigenvalue weighted by Gasteiger charge is -2.11. The van der Waals surface area contributed by atoms with Crippen LogP contribution in [0.15, 0.2) is 23.4 Å². The number of hydrogen-bond acceptors (Lipinski definition) is 5. The lowest BCUT2D eigenvalue weighted by molar-refractivity contribution is 0.317. The molecule has 0 bridgehead atoms. The Balaban J connectivity index is 2.95. The minimum atomic E-state index is 0.520. The van der Waals surface area contributed by atoms with Crippen molar-refractivity contribution in [2.75, 3.05) is 25.7 Å². The summed E-state index contributed by atoms with van der Waals surface area (Å²) in [5.74, 6) is 2.30. The second-order valence-electron chi connectivity index (χ2n) is 3.39. The van der Waals surface area contributed by atoms with Gasteiger partial charge in [0.2, 0.25) is 0 Å². The second kappa shape index (κ2) is 7.06. The van der Waals surface area contributed by atoms with Gasteiger partial charge >= 0.3 is 0 Å². The van der Waals surface area contributed by atoms with E-state index in [-0.39, 0.29) is 0 Å². The minimum Gasteiger partial charge on any atom is -0.497 e. The van der Waals surface area contributed by atoms with Crippen LogP contribution < -0.4 is 9.47 Å². The van der Waals surface area contributed by atoms with Gasteiger partial charge in [0.25, 0.3) is 0 Å². The molecule has 0 saturated carbocycles. The predicted octanol–water partition coefficient (Wildman–Crippen LogP) is 2.64. The first kappa shape index (κ1) is 13.7. The van der Waals surface area contributed by atoms with Crippen LogP contribution in [-0.2, 0) is 0 Å². The summed E-state index contributed by atoms with van der Waals surface area (Å²) in [7, 11) is 1.60. The number of ether oxygens (including phenoxy) is 2. The number of thioether (sulfide) groups is 1. The van der Waals surface area contributed by atoms with E-state index in [4.69, 9.17) is 14.7 Å². The van der Waals surface area contributed by atoms with Crippen LogP contribution >= 0.6 is 11.8 Å². The van der Waals surface area contributed by atoms with Crippen molar-refractivity contribution in [3.63, 3.8) is 0 Å². The van der Waals surface area contributed by atoms with E-state index in [9.17, 15) is 0 Å². The van der Waals surface area contributed by atoms with E-state index in [1.807, 2.05) is 18.4 Å². The SMILES string of the molecule is COc1ccc(/C(C)=N/O)c(OCCSC)c1. The molecule has 1 aromatic rings. The maximum atomic E-state index is 8.81. The van der Waals surface area contributed by atoms with Crippen molar-refractivity contribution in [3.05, 3.63) is 23.8 Å². The zero-order chi connectivity index (χ0) is 12.7. The largest absolute Gasteiger partial charge is 0.497 e. The Bertz CT molecular complexity index is 393. The molecule has 17 heavy (non-hydrogen) atoms. The average Bonchev–Trinajstić information content (AvgIpc) is 2.38. The van der Waals surface area contributed by atoms with Crippen LogP contribution in [0.5, 0.6) is 11.5 Å². The van der Waals surface area contributed by atoms with Gasteiger partial charge in [0.05, 0.1) is 19.4 Å². The maximum absolute atomic E-state index is 8.81. The summed E-state index contributed by atoms with van der Waals surface area (Å²) in [6, 6.07) is 5.43. The topological polar surface area (TPSA) is 51.0 Å². The number of hydrogen-bond donors (Lipinski definition) is 1. The molecule has 0 amide bonds. The molecule has 0 spiro atoms. The van der Waals surface area contributed by atoms with Crippen LogP contribution in [-0.4, -0.2) is 36.6 Å². The van der Waals surface area contributed by atoms with Gasteiger partial charge in [0.1, 0.15) is 11.5 Å². The minimum absolute atomic E-state index is 0.520. The molecule has 0 saturated heterocycles. The molecular formula is C12H17NO3S. The molecular weight excluding hydrogens is 238 g/mol. The van der Waals surface area contributed by atoms with Crippen molar-refractivity contribution in [3.8, 4) is 11.5 Å². The molecule has 0 fully saturated rings. The third-order valence-electron chi connectivity index (χ3n) is 2.27. The molecule has 0 aliphatic rings. The van der Waals surface area contributed by atoms with Crippen LogP contribution in [0.1, 0.15) is 12.5 Å². The Labute approximate surface area is 106 Å². The summed E-state index contributed by atoms with van der Waals surface area (Å²) in [6.07, 6.45) is 2.02. The fourth-order valence-corrected chi connectivity index (χ4v) is 1.59. The molecule has 0 heterocycles. The Morgan fingerprint density at radius 2 is 2.24 bits per heavy atom. The summed E-state index contributed by atoms with van der Waals surface area (Å²) >= 11 is 1.71. The van der Waals surface area contributed by atoms with Gasteiger partial charge in [-0.2, -0.15) is 11.8 Å². The molecule has 94 valence electrons. The Hall–Kier alpha value is -1.36. The van der Waals surface area contributed by atoms with E-state index < -0.39 is 0 Å². The van der Waals surface area contributed by atoms with Crippen molar-refractivity contribution < 1.29 is 14.7 Å². The highest BCUT2D eigenvalue weighted by Gasteiger charge is 2.09. The van der Waals surface area contributed by atoms with Crippen molar-refractivity contribution in [1.29, 1.82) is 0 Å². The van der Waals surface area contributed by atoms with Gasteiger partial charge < -0.3 is 14.7 Å². The van der Waals surface area contributed by atoms with Crippen LogP contribution in [0.25, 0.3) is 0 Å². The van der Waals surface area contributed by atoms with Gasteiger partial charge in [0, 0.05) is 17.4 Å². The molecule has 5 heteroatoms. The van der Waals surface area contributed by atoms with Gasteiger partial charge in [-0.25, -0.2) is 0 Å². The first-order valence-corrected chi connectivity index (χ1v) is 6.61. The summed E-state index contributed by atoms with van der Waals surface area (Å²) < 4.78 is 10.8. The number of rotatable bonds is 6. The normalized spacial score (nSPS) is 11.4. The van der Waals surface area contributed by atoms with E-state index >= 15 is 0 Å². The molecule has 1 rings (SSSR count). The Morgan fingerprint density at radius 3 is 2.82 bits per heavy atom.